The Kier molecular flexibility index (Phi) is 4.42. The van der Waals surface area contributed by atoms with Gasteiger partial charge in [-0.05, 0) is 39.7 Å². The SMILES string of the molecule is c1ccc(-c2nc(-c3cccc4c3ccc3sc5ccccc5c34)nc3ccc4ccccc4c23)cc1. The lowest BCUT2D eigenvalue weighted by Crippen LogP contribution is -1.96. The molecule has 0 aliphatic rings. The molecule has 2 heterocycles. The van der Waals surface area contributed by atoms with E-state index in [1.807, 2.05) is 17.4 Å². The molecule has 0 saturated carbocycles. The van der Waals surface area contributed by atoms with E-state index in [1.165, 1.54) is 41.7 Å². The third-order valence-electron chi connectivity index (χ3n) is 7.28. The fourth-order valence-electron chi connectivity index (χ4n) is 5.60. The van der Waals surface area contributed by atoms with Gasteiger partial charge in [0.25, 0.3) is 0 Å². The van der Waals surface area contributed by atoms with Crippen molar-refractivity contribution in [3.8, 4) is 22.6 Å². The van der Waals surface area contributed by atoms with Crippen molar-refractivity contribution in [3.63, 3.8) is 0 Å². The summed E-state index contributed by atoms with van der Waals surface area (Å²) in [5.41, 5.74) is 4.08. The van der Waals surface area contributed by atoms with Crippen LogP contribution in [0.25, 0.3) is 75.3 Å². The minimum Gasteiger partial charge on any atom is -0.228 e. The second-order valence-corrected chi connectivity index (χ2v) is 10.5. The Morgan fingerprint density at radius 2 is 1.24 bits per heavy atom. The molecular weight excluding hydrogens is 468 g/mol. The summed E-state index contributed by atoms with van der Waals surface area (Å²) >= 11 is 1.85. The summed E-state index contributed by atoms with van der Waals surface area (Å²) in [5, 5.41) is 8.51. The van der Waals surface area contributed by atoms with Gasteiger partial charge in [-0.2, -0.15) is 0 Å². The van der Waals surface area contributed by atoms with E-state index in [-0.39, 0.29) is 0 Å². The summed E-state index contributed by atoms with van der Waals surface area (Å²) in [6.07, 6.45) is 0. The zero-order valence-electron chi connectivity index (χ0n) is 19.8. The van der Waals surface area contributed by atoms with E-state index in [1.54, 1.807) is 0 Å². The predicted molar refractivity (Wildman–Crippen MR) is 158 cm³/mol. The van der Waals surface area contributed by atoms with Crippen LogP contribution in [0, 0.1) is 0 Å². The predicted octanol–water partition coefficient (Wildman–Crippen LogP) is 9.64. The highest BCUT2D eigenvalue weighted by Crippen LogP contribution is 2.41. The highest BCUT2D eigenvalue weighted by Gasteiger charge is 2.17. The first-order valence-corrected chi connectivity index (χ1v) is 13.2. The topological polar surface area (TPSA) is 25.8 Å². The van der Waals surface area contributed by atoms with E-state index < -0.39 is 0 Å². The van der Waals surface area contributed by atoms with E-state index in [0.29, 0.717) is 0 Å². The molecule has 0 saturated heterocycles. The van der Waals surface area contributed by atoms with Crippen LogP contribution in [0.4, 0.5) is 0 Å². The van der Waals surface area contributed by atoms with Crippen LogP contribution in [0.15, 0.2) is 121 Å². The molecule has 8 aromatic rings. The first-order valence-electron chi connectivity index (χ1n) is 12.4. The van der Waals surface area contributed by atoms with E-state index in [0.717, 1.165) is 33.5 Å². The van der Waals surface area contributed by atoms with E-state index in [4.69, 9.17) is 9.97 Å². The minimum atomic E-state index is 0.756. The van der Waals surface area contributed by atoms with Gasteiger partial charge in [0.05, 0.1) is 11.2 Å². The van der Waals surface area contributed by atoms with Crippen molar-refractivity contribution in [3.05, 3.63) is 121 Å². The molecule has 0 amide bonds. The maximum Gasteiger partial charge on any atom is 0.161 e. The van der Waals surface area contributed by atoms with Crippen LogP contribution in [0.3, 0.4) is 0 Å². The number of hydrogen-bond acceptors (Lipinski definition) is 3. The molecule has 0 N–H and O–H groups in total. The van der Waals surface area contributed by atoms with Crippen molar-refractivity contribution in [2.45, 2.75) is 0 Å². The maximum atomic E-state index is 5.26. The van der Waals surface area contributed by atoms with Crippen molar-refractivity contribution >= 4 is 64.0 Å². The van der Waals surface area contributed by atoms with Crippen molar-refractivity contribution in [1.29, 1.82) is 0 Å². The highest BCUT2D eigenvalue weighted by atomic mass is 32.1. The van der Waals surface area contributed by atoms with Gasteiger partial charge >= 0.3 is 0 Å². The van der Waals surface area contributed by atoms with Gasteiger partial charge in [0.15, 0.2) is 5.82 Å². The normalized spacial score (nSPS) is 11.8. The lowest BCUT2D eigenvalue weighted by Gasteiger charge is -2.13. The van der Waals surface area contributed by atoms with Crippen LogP contribution in [0.5, 0.6) is 0 Å². The molecule has 0 atom stereocenters. The van der Waals surface area contributed by atoms with Crippen molar-refractivity contribution < 1.29 is 0 Å². The molecule has 172 valence electrons. The van der Waals surface area contributed by atoms with Gasteiger partial charge < -0.3 is 0 Å². The van der Waals surface area contributed by atoms with Gasteiger partial charge in [-0.3, -0.25) is 0 Å². The smallest absolute Gasteiger partial charge is 0.161 e. The molecular formula is C34H20N2S. The van der Waals surface area contributed by atoms with Crippen molar-refractivity contribution in [1.82, 2.24) is 9.97 Å². The summed E-state index contributed by atoms with van der Waals surface area (Å²) in [7, 11) is 0. The average Bonchev–Trinajstić information content (AvgIpc) is 3.36. The van der Waals surface area contributed by atoms with Gasteiger partial charge in [0, 0.05) is 36.7 Å². The van der Waals surface area contributed by atoms with Crippen molar-refractivity contribution in [2.24, 2.45) is 0 Å². The molecule has 0 bridgehead atoms. The quantitative estimate of drug-likeness (QED) is 0.226. The summed E-state index contributed by atoms with van der Waals surface area (Å²) < 4.78 is 2.62. The van der Waals surface area contributed by atoms with E-state index in [2.05, 4.69) is 115 Å². The Balaban J connectivity index is 1.48. The van der Waals surface area contributed by atoms with Gasteiger partial charge in [-0.25, -0.2) is 9.97 Å². The number of aromatic nitrogens is 2. The second kappa shape index (κ2) is 7.95. The van der Waals surface area contributed by atoms with Crippen molar-refractivity contribution in [2.75, 3.05) is 0 Å². The van der Waals surface area contributed by atoms with Gasteiger partial charge in [0.2, 0.25) is 0 Å². The van der Waals surface area contributed by atoms with Crippen LogP contribution in [-0.4, -0.2) is 9.97 Å². The average molecular weight is 489 g/mol. The number of rotatable bonds is 2. The van der Waals surface area contributed by atoms with Crippen LogP contribution in [0.1, 0.15) is 0 Å². The molecule has 2 nitrogen and oxygen atoms in total. The Morgan fingerprint density at radius 1 is 0.459 bits per heavy atom. The Labute approximate surface area is 217 Å². The molecule has 2 aromatic heterocycles. The minimum absolute atomic E-state index is 0.756. The number of hydrogen-bond donors (Lipinski definition) is 0. The third kappa shape index (κ3) is 3.11. The summed E-state index contributed by atoms with van der Waals surface area (Å²) in [4.78, 5) is 10.4. The van der Waals surface area contributed by atoms with E-state index in [9.17, 15) is 0 Å². The van der Waals surface area contributed by atoms with Gasteiger partial charge in [-0.15, -0.1) is 11.3 Å². The van der Waals surface area contributed by atoms with Gasteiger partial charge in [-0.1, -0.05) is 103 Å². The summed E-state index contributed by atoms with van der Waals surface area (Å²) in [6.45, 7) is 0. The van der Waals surface area contributed by atoms with Crippen LogP contribution in [-0.2, 0) is 0 Å². The monoisotopic (exact) mass is 488 g/mol. The zero-order chi connectivity index (χ0) is 24.3. The van der Waals surface area contributed by atoms with E-state index >= 15 is 0 Å². The number of thiophene rings is 1. The Morgan fingerprint density at radius 3 is 2.16 bits per heavy atom. The number of nitrogens with zero attached hydrogens (tertiary/aromatic N) is 2. The van der Waals surface area contributed by atoms with Gasteiger partial charge in [0.1, 0.15) is 0 Å². The molecule has 37 heavy (non-hydrogen) atoms. The second-order valence-electron chi connectivity index (χ2n) is 9.38. The van der Waals surface area contributed by atoms with Crippen LogP contribution < -0.4 is 0 Å². The summed E-state index contributed by atoms with van der Waals surface area (Å²) in [6, 6.07) is 42.9. The molecule has 6 aromatic carbocycles. The molecule has 3 heteroatoms. The molecule has 0 spiro atoms. The largest absolute Gasteiger partial charge is 0.228 e. The lowest BCUT2D eigenvalue weighted by atomic mass is 9.97. The zero-order valence-corrected chi connectivity index (χ0v) is 20.7. The molecule has 0 aliphatic carbocycles. The first-order chi connectivity index (χ1) is 18.3. The molecule has 8 rings (SSSR count). The molecule has 0 unspecified atom stereocenters. The fourth-order valence-corrected chi connectivity index (χ4v) is 6.73. The Bertz CT molecular complexity index is 2140. The fraction of sp³-hybridized carbons (Fsp3) is 0. The molecule has 0 aliphatic heterocycles. The Hall–Kier alpha value is -4.60. The van der Waals surface area contributed by atoms with Crippen LogP contribution >= 0.6 is 11.3 Å². The number of fused-ring (bicyclic) bond motifs is 8. The lowest BCUT2D eigenvalue weighted by molar-refractivity contribution is 1.24. The standard InChI is InChI=1S/C34H20N2S/c1-2-10-22(11-3-1)33-32-23-12-5-4-9-21(23)17-19-28(32)35-34(36-33)26-15-8-14-25-24(26)18-20-30-31(25)27-13-6-7-16-29(27)37-30/h1-20H. The maximum absolute atomic E-state index is 5.26. The van der Waals surface area contributed by atoms with Crippen LogP contribution in [0.2, 0.25) is 0 Å². The molecule has 0 radical (unpaired) electrons. The third-order valence-corrected chi connectivity index (χ3v) is 8.41. The summed E-state index contributed by atoms with van der Waals surface area (Å²) in [5.74, 6) is 0.756. The first kappa shape index (κ1) is 20.6. The number of benzene rings is 6. The highest BCUT2D eigenvalue weighted by molar-refractivity contribution is 7.26. The molecule has 0 fully saturated rings.